The van der Waals surface area contributed by atoms with Crippen LogP contribution in [0.4, 0.5) is 14.5 Å². The van der Waals surface area contributed by atoms with Gasteiger partial charge in [-0.05, 0) is 49.4 Å². The third-order valence-corrected chi connectivity index (χ3v) is 6.48. The van der Waals surface area contributed by atoms with Gasteiger partial charge in [0.2, 0.25) is 0 Å². The number of benzene rings is 3. The van der Waals surface area contributed by atoms with Crippen LogP contribution in [-0.4, -0.2) is 18.6 Å². The number of nitrogens with one attached hydrogen (secondary N) is 1. The van der Waals surface area contributed by atoms with Crippen LogP contribution in [0.1, 0.15) is 27.7 Å². The Labute approximate surface area is 166 Å². The summed E-state index contributed by atoms with van der Waals surface area (Å²) >= 11 is 0. The van der Waals surface area contributed by atoms with Crippen LogP contribution in [0.25, 0.3) is 0 Å². The van der Waals surface area contributed by atoms with Crippen LogP contribution in [-0.2, 0) is 10.0 Å². The number of aryl methyl sites for hydroxylation is 1. The van der Waals surface area contributed by atoms with Crippen molar-refractivity contribution >= 4 is 21.6 Å². The molecule has 0 radical (unpaired) electrons. The van der Waals surface area contributed by atoms with Crippen molar-refractivity contribution in [2.24, 2.45) is 0 Å². The number of rotatable bonds is 3. The fourth-order valence-electron chi connectivity index (χ4n) is 3.24. The minimum absolute atomic E-state index is 0.122. The van der Waals surface area contributed by atoms with E-state index in [1.807, 2.05) is 0 Å². The summed E-state index contributed by atoms with van der Waals surface area (Å²) in [6, 6.07) is 14.9. The topological polar surface area (TPSA) is 66.5 Å². The SMILES string of the molecule is Cc1ccc(S(=O)(=O)N2C(=O)c3ccccc3NC2c2cc(F)ccc2F)cc1. The predicted octanol–water partition coefficient (Wildman–Crippen LogP) is 4.23. The summed E-state index contributed by atoms with van der Waals surface area (Å²) < 4.78 is 55.6. The van der Waals surface area contributed by atoms with E-state index in [9.17, 15) is 22.0 Å². The van der Waals surface area contributed by atoms with Crippen molar-refractivity contribution < 1.29 is 22.0 Å². The molecule has 0 fully saturated rings. The molecule has 0 saturated heterocycles. The second kappa shape index (κ2) is 6.97. The maximum absolute atomic E-state index is 14.5. The first-order valence-electron chi connectivity index (χ1n) is 8.75. The second-order valence-electron chi connectivity index (χ2n) is 6.68. The Morgan fingerprint density at radius 3 is 2.38 bits per heavy atom. The number of carbonyl (C=O) groups is 1. The molecule has 29 heavy (non-hydrogen) atoms. The van der Waals surface area contributed by atoms with Gasteiger partial charge in [-0.15, -0.1) is 0 Å². The van der Waals surface area contributed by atoms with Gasteiger partial charge in [0.1, 0.15) is 17.8 Å². The summed E-state index contributed by atoms with van der Waals surface area (Å²) in [6.45, 7) is 1.80. The number of nitrogens with zero attached hydrogens (tertiary/aromatic N) is 1. The Kier molecular flexibility index (Phi) is 4.58. The fourth-order valence-corrected chi connectivity index (χ4v) is 4.70. The molecule has 1 amide bonds. The van der Waals surface area contributed by atoms with Crippen LogP contribution in [0, 0.1) is 18.6 Å². The Hall–Kier alpha value is -3.26. The van der Waals surface area contributed by atoms with Crippen LogP contribution in [0.5, 0.6) is 0 Å². The Morgan fingerprint density at radius 1 is 0.966 bits per heavy atom. The van der Waals surface area contributed by atoms with Gasteiger partial charge < -0.3 is 5.32 Å². The van der Waals surface area contributed by atoms with Crippen molar-refractivity contribution in [1.29, 1.82) is 0 Å². The molecule has 3 aromatic carbocycles. The first-order chi connectivity index (χ1) is 13.8. The van der Waals surface area contributed by atoms with Crippen LogP contribution < -0.4 is 5.32 Å². The number of halogens is 2. The van der Waals surface area contributed by atoms with E-state index in [1.165, 1.54) is 18.2 Å². The van der Waals surface area contributed by atoms with Crippen molar-refractivity contribution in [2.45, 2.75) is 18.0 Å². The first kappa shape index (κ1) is 19.1. The number of hydrogen-bond donors (Lipinski definition) is 1. The Balaban J connectivity index is 1.93. The maximum Gasteiger partial charge on any atom is 0.271 e. The molecular weight excluding hydrogens is 398 g/mol. The van der Waals surface area contributed by atoms with Crippen molar-refractivity contribution in [3.05, 3.63) is 95.1 Å². The number of carbonyl (C=O) groups excluding carboxylic acids is 1. The number of anilines is 1. The average molecular weight is 414 g/mol. The molecule has 1 aliphatic heterocycles. The van der Waals surface area contributed by atoms with Gasteiger partial charge in [0, 0.05) is 11.3 Å². The van der Waals surface area contributed by atoms with E-state index < -0.39 is 33.7 Å². The number of amides is 1. The molecule has 1 N–H and O–H groups in total. The summed E-state index contributed by atoms with van der Waals surface area (Å²) in [6.07, 6.45) is -1.44. The highest BCUT2D eigenvalue weighted by atomic mass is 32.2. The quantitative estimate of drug-likeness (QED) is 0.697. The molecular formula is C21H16F2N2O3S. The molecule has 0 bridgehead atoms. The molecule has 3 aromatic rings. The number of sulfonamides is 1. The Morgan fingerprint density at radius 2 is 1.66 bits per heavy atom. The van der Waals surface area contributed by atoms with Crippen molar-refractivity contribution in [3.8, 4) is 0 Å². The van der Waals surface area contributed by atoms with E-state index in [0.717, 1.165) is 23.8 Å². The van der Waals surface area contributed by atoms with E-state index in [4.69, 9.17) is 0 Å². The zero-order valence-corrected chi connectivity index (χ0v) is 16.1. The van der Waals surface area contributed by atoms with Gasteiger partial charge in [0.15, 0.2) is 0 Å². The van der Waals surface area contributed by atoms with Gasteiger partial charge in [-0.25, -0.2) is 21.5 Å². The van der Waals surface area contributed by atoms with Gasteiger partial charge in [-0.1, -0.05) is 29.8 Å². The molecule has 0 spiro atoms. The molecule has 0 aromatic heterocycles. The minimum atomic E-state index is -4.37. The normalized spacial score (nSPS) is 16.3. The van der Waals surface area contributed by atoms with Gasteiger partial charge >= 0.3 is 0 Å². The van der Waals surface area contributed by atoms with E-state index in [-0.39, 0.29) is 16.0 Å². The molecule has 1 aliphatic rings. The lowest BCUT2D eigenvalue weighted by atomic mass is 10.1. The summed E-state index contributed by atoms with van der Waals surface area (Å²) in [4.78, 5) is 13.0. The van der Waals surface area contributed by atoms with E-state index in [0.29, 0.717) is 9.99 Å². The standard InChI is InChI=1S/C21H16F2N2O3S/c1-13-6-9-15(10-7-13)29(27,28)25-20(17-12-14(22)8-11-18(17)23)24-19-5-3-2-4-16(19)21(25)26/h2-12,20,24H,1H3. The highest BCUT2D eigenvalue weighted by Crippen LogP contribution is 2.38. The lowest BCUT2D eigenvalue weighted by molar-refractivity contribution is 0.0820. The van der Waals surface area contributed by atoms with E-state index in [2.05, 4.69) is 5.32 Å². The summed E-state index contributed by atoms with van der Waals surface area (Å²) in [5.41, 5.74) is 1.01. The van der Waals surface area contributed by atoms with Crippen LogP contribution in [0.2, 0.25) is 0 Å². The largest absolute Gasteiger partial charge is 0.360 e. The fraction of sp³-hybridized carbons (Fsp3) is 0.0952. The monoisotopic (exact) mass is 414 g/mol. The summed E-state index contributed by atoms with van der Waals surface area (Å²) in [7, 11) is -4.37. The Bertz CT molecular complexity index is 1210. The lowest BCUT2D eigenvalue weighted by Crippen LogP contribution is -2.46. The van der Waals surface area contributed by atoms with Gasteiger partial charge in [0.05, 0.1) is 10.5 Å². The molecule has 0 aliphatic carbocycles. The second-order valence-corrected chi connectivity index (χ2v) is 8.49. The molecule has 4 rings (SSSR count). The zero-order valence-electron chi connectivity index (χ0n) is 15.3. The van der Waals surface area contributed by atoms with E-state index >= 15 is 0 Å². The molecule has 8 heteroatoms. The summed E-state index contributed by atoms with van der Waals surface area (Å²) in [5.74, 6) is -2.41. The van der Waals surface area contributed by atoms with E-state index in [1.54, 1.807) is 37.3 Å². The van der Waals surface area contributed by atoms with Crippen LogP contribution in [0.15, 0.2) is 71.6 Å². The van der Waals surface area contributed by atoms with Crippen molar-refractivity contribution in [3.63, 3.8) is 0 Å². The minimum Gasteiger partial charge on any atom is -0.360 e. The van der Waals surface area contributed by atoms with Crippen LogP contribution in [0.3, 0.4) is 0 Å². The van der Waals surface area contributed by atoms with Crippen LogP contribution >= 0.6 is 0 Å². The van der Waals surface area contributed by atoms with Crippen molar-refractivity contribution in [2.75, 3.05) is 5.32 Å². The highest BCUT2D eigenvalue weighted by Gasteiger charge is 2.42. The third-order valence-electron chi connectivity index (χ3n) is 4.71. The highest BCUT2D eigenvalue weighted by molar-refractivity contribution is 7.89. The number of hydrogen-bond acceptors (Lipinski definition) is 4. The molecule has 5 nitrogen and oxygen atoms in total. The molecule has 1 unspecified atom stereocenters. The van der Waals surface area contributed by atoms with Gasteiger partial charge in [-0.2, -0.15) is 0 Å². The molecule has 1 atom stereocenters. The average Bonchev–Trinajstić information content (AvgIpc) is 2.70. The zero-order chi connectivity index (χ0) is 20.8. The smallest absolute Gasteiger partial charge is 0.271 e. The molecule has 0 saturated carbocycles. The lowest BCUT2D eigenvalue weighted by Gasteiger charge is -2.37. The first-order valence-corrected chi connectivity index (χ1v) is 10.2. The predicted molar refractivity (Wildman–Crippen MR) is 104 cm³/mol. The van der Waals surface area contributed by atoms with Crippen molar-refractivity contribution in [1.82, 2.24) is 4.31 Å². The summed E-state index contributed by atoms with van der Waals surface area (Å²) in [5, 5.41) is 2.87. The third kappa shape index (κ3) is 3.25. The maximum atomic E-state index is 14.5. The molecule has 148 valence electrons. The van der Waals surface area contributed by atoms with Gasteiger partial charge in [-0.3, -0.25) is 4.79 Å². The number of fused-ring (bicyclic) bond motifs is 1. The van der Waals surface area contributed by atoms with Gasteiger partial charge in [0.25, 0.3) is 15.9 Å². The molecule has 1 heterocycles. The number of para-hydroxylation sites is 1.